The molecule has 2 fully saturated rings. The lowest BCUT2D eigenvalue weighted by molar-refractivity contribution is -0.153. The van der Waals surface area contributed by atoms with E-state index in [1.165, 1.54) is 0 Å². The van der Waals surface area contributed by atoms with Gasteiger partial charge in [0.1, 0.15) is 36.8 Å². The van der Waals surface area contributed by atoms with E-state index < -0.39 is 60.1 Å². The van der Waals surface area contributed by atoms with E-state index >= 15 is 0 Å². The van der Waals surface area contributed by atoms with Crippen LogP contribution in [0.1, 0.15) is 62.7 Å². The zero-order valence-corrected chi connectivity index (χ0v) is 33.4. The predicted molar refractivity (Wildman–Crippen MR) is 208 cm³/mol. The standard InChI is InChI=1S/C43H51F3N6O6/c1-27-17-30(21-47-20-27)35-22-48-40(57-35)41(2,3)51-16-15-50(33(24-51)38(54)49-26-43(44,45)46)23-31(53)19-29(18-28-11-7-6-8-12-28)39(55)52-37-32-13-9-10-14-34(32)56-25-36(37)58-42(52,4)5/h6-14,17,20-22,29,31,33,36-37,53H,15-16,18-19,23-26H2,1-5H3,(H,49,54)/t29-,31+,33+,36-,37+/m1/s1. The van der Waals surface area contributed by atoms with Crippen LogP contribution < -0.4 is 10.1 Å². The minimum atomic E-state index is -4.62. The number of aryl methyl sites for hydroxylation is 1. The number of ether oxygens (including phenoxy) is 2. The monoisotopic (exact) mass is 804 g/mol. The highest BCUT2D eigenvalue weighted by atomic mass is 19.4. The van der Waals surface area contributed by atoms with Gasteiger partial charge in [-0.25, -0.2) is 4.98 Å². The first-order valence-electron chi connectivity index (χ1n) is 19.7. The van der Waals surface area contributed by atoms with E-state index in [0.717, 1.165) is 22.3 Å². The number of nitrogens with zero attached hydrogens (tertiary/aromatic N) is 5. The Bertz CT molecular complexity index is 2080. The number of fused-ring (bicyclic) bond motifs is 3. The number of benzene rings is 2. The first-order chi connectivity index (χ1) is 27.5. The van der Waals surface area contributed by atoms with E-state index in [1.54, 1.807) is 28.4 Å². The molecule has 2 aromatic carbocycles. The van der Waals surface area contributed by atoms with Crippen molar-refractivity contribution in [1.29, 1.82) is 0 Å². The van der Waals surface area contributed by atoms with Crippen LogP contribution in [0, 0.1) is 12.8 Å². The van der Waals surface area contributed by atoms with E-state index in [-0.39, 0.29) is 38.6 Å². The molecule has 2 N–H and O–H groups in total. The third kappa shape index (κ3) is 8.92. The molecule has 3 aliphatic rings. The quantitative estimate of drug-likeness (QED) is 0.185. The molecule has 2 aromatic heterocycles. The van der Waals surface area contributed by atoms with Crippen molar-refractivity contribution < 1.29 is 41.8 Å². The number of para-hydroxylation sites is 1. The van der Waals surface area contributed by atoms with E-state index in [1.807, 2.05) is 100 Å². The van der Waals surface area contributed by atoms with Crippen molar-refractivity contribution in [2.24, 2.45) is 5.92 Å². The Morgan fingerprint density at radius 2 is 1.78 bits per heavy atom. The molecular formula is C43H51F3N6O6. The largest absolute Gasteiger partial charge is 0.490 e. The molecule has 7 rings (SSSR count). The molecule has 5 heterocycles. The van der Waals surface area contributed by atoms with Crippen molar-refractivity contribution in [3.63, 3.8) is 0 Å². The van der Waals surface area contributed by atoms with Gasteiger partial charge < -0.3 is 29.2 Å². The zero-order valence-electron chi connectivity index (χ0n) is 33.4. The van der Waals surface area contributed by atoms with Gasteiger partial charge >= 0.3 is 6.18 Å². The van der Waals surface area contributed by atoms with Crippen molar-refractivity contribution in [3.05, 3.63) is 102 Å². The van der Waals surface area contributed by atoms with Gasteiger partial charge in [0.05, 0.1) is 23.9 Å². The summed E-state index contributed by atoms with van der Waals surface area (Å²) in [6.45, 7) is 8.80. The van der Waals surface area contributed by atoms with E-state index in [2.05, 4.69) is 15.3 Å². The summed E-state index contributed by atoms with van der Waals surface area (Å²) < 4.78 is 58.7. The first-order valence-corrected chi connectivity index (χ1v) is 19.7. The number of piperazine rings is 1. The molecule has 0 aliphatic carbocycles. The molecule has 4 aromatic rings. The number of halogens is 3. The Morgan fingerprint density at radius 3 is 2.52 bits per heavy atom. The zero-order chi connectivity index (χ0) is 41.4. The van der Waals surface area contributed by atoms with Gasteiger partial charge in [-0.1, -0.05) is 48.5 Å². The molecule has 3 aliphatic heterocycles. The SMILES string of the molecule is Cc1cncc(-c2cnc(C(C)(C)N3CCN(C[C@@H](O)C[C@@H](Cc4ccccc4)C(=O)N4[C@H]5c6ccccc6OC[C@H]5OC4(C)C)[C@H](C(=O)NCC(F)(F)F)C3)o2)c1. The van der Waals surface area contributed by atoms with Gasteiger partial charge in [-0.2, -0.15) is 13.2 Å². The number of nitrogens with one attached hydrogen (secondary N) is 1. The van der Waals surface area contributed by atoms with Crippen molar-refractivity contribution >= 4 is 11.8 Å². The van der Waals surface area contributed by atoms with Gasteiger partial charge in [-0.15, -0.1) is 0 Å². The maximum atomic E-state index is 14.9. The van der Waals surface area contributed by atoms with Crippen LogP contribution in [-0.2, 0) is 26.3 Å². The number of aromatic nitrogens is 2. The molecular weight excluding hydrogens is 754 g/mol. The lowest BCUT2D eigenvalue weighted by Crippen LogP contribution is -2.63. The topological polar surface area (TPSA) is 134 Å². The van der Waals surface area contributed by atoms with Crippen molar-refractivity contribution in [1.82, 2.24) is 30.0 Å². The van der Waals surface area contributed by atoms with Crippen LogP contribution in [0.5, 0.6) is 5.75 Å². The minimum absolute atomic E-state index is 0.0311. The van der Waals surface area contributed by atoms with Crippen LogP contribution in [-0.4, -0.2) is 111 Å². The fourth-order valence-corrected chi connectivity index (χ4v) is 8.54. The lowest BCUT2D eigenvalue weighted by atomic mass is 9.89. The highest BCUT2D eigenvalue weighted by Crippen LogP contribution is 2.48. The summed E-state index contributed by atoms with van der Waals surface area (Å²) in [7, 11) is 0. The van der Waals surface area contributed by atoms with Gasteiger partial charge in [0.2, 0.25) is 17.7 Å². The smallest absolute Gasteiger partial charge is 0.405 e. The average molecular weight is 805 g/mol. The molecule has 2 saturated heterocycles. The Kier molecular flexibility index (Phi) is 11.7. The fraction of sp³-hybridized carbons (Fsp3) is 0.488. The summed E-state index contributed by atoms with van der Waals surface area (Å²) in [5.41, 5.74) is 1.60. The van der Waals surface area contributed by atoms with Gasteiger partial charge in [-0.05, 0) is 70.7 Å². The number of rotatable bonds is 12. The minimum Gasteiger partial charge on any atom is -0.490 e. The Morgan fingerprint density at radius 1 is 1.03 bits per heavy atom. The molecule has 12 nitrogen and oxygen atoms in total. The number of carbonyl (C=O) groups excluding carboxylic acids is 2. The number of aliphatic hydroxyl groups is 1. The number of alkyl halides is 3. The Hall–Kier alpha value is -4.83. The summed E-state index contributed by atoms with van der Waals surface area (Å²) in [4.78, 5) is 42.7. The van der Waals surface area contributed by atoms with Crippen LogP contribution in [0.15, 0.2) is 83.7 Å². The summed E-state index contributed by atoms with van der Waals surface area (Å²) in [5.74, 6) is -0.144. The molecule has 0 spiro atoms. The van der Waals surface area contributed by atoms with E-state index in [4.69, 9.17) is 13.9 Å². The molecule has 15 heteroatoms. The lowest BCUT2D eigenvalue weighted by Gasteiger charge is -2.46. The third-order valence-electron chi connectivity index (χ3n) is 11.4. The molecule has 0 bridgehead atoms. The highest BCUT2D eigenvalue weighted by Gasteiger charge is 2.54. The number of oxazole rings is 1. The normalized spacial score (nSPS) is 22.1. The Labute approximate surface area is 336 Å². The first kappa shape index (κ1) is 41.3. The maximum absolute atomic E-state index is 14.9. The average Bonchev–Trinajstić information content (AvgIpc) is 3.79. The number of hydrogen-bond acceptors (Lipinski definition) is 10. The molecule has 2 amide bonds. The van der Waals surface area contributed by atoms with Crippen LogP contribution in [0.4, 0.5) is 13.2 Å². The van der Waals surface area contributed by atoms with Crippen LogP contribution >= 0.6 is 0 Å². The van der Waals surface area contributed by atoms with E-state index in [0.29, 0.717) is 30.4 Å². The maximum Gasteiger partial charge on any atom is 0.405 e. The van der Waals surface area contributed by atoms with Gasteiger partial charge in [0, 0.05) is 55.6 Å². The summed E-state index contributed by atoms with van der Waals surface area (Å²) in [6, 6.07) is 17.6. The molecule has 0 saturated carbocycles. The number of carbonyl (C=O) groups is 2. The van der Waals surface area contributed by atoms with E-state index in [9.17, 15) is 27.9 Å². The van der Waals surface area contributed by atoms with Crippen molar-refractivity contribution in [2.45, 2.75) is 89.2 Å². The second-order valence-corrected chi connectivity index (χ2v) is 16.5. The number of amides is 2. The number of pyridine rings is 1. The van der Waals surface area contributed by atoms with Crippen molar-refractivity contribution in [3.8, 4) is 17.1 Å². The summed E-state index contributed by atoms with van der Waals surface area (Å²) >= 11 is 0. The molecule has 0 radical (unpaired) electrons. The Balaban J connectivity index is 1.12. The molecule has 0 unspecified atom stereocenters. The van der Waals surface area contributed by atoms with Crippen molar-refractivity contribution in [2.75, 3.05) is 39.3 Å². The fourth-order valence-electron chi connectivity index (χ4n) is 8.54. The van der Waals surface area contributed by atoms with Gasteiger partial charge in [0.15, 0.2) is 5.76 Å². The van der Waals surface area contributed by atoms with Crippen LogP contribution in [0.3, 0.4) is 0 Å². The van der Waals surface area contributed by atoms with Crippen LogP contribution in [0.2, 0.25) is 0 Å². The second-order valence-electron chi connectivity index (χ2n) is 16.5. The molecule has 310 valence electrons. The molecule has 58 heavy (non-hydrogen) atoms. The second kappa shape index (κ2) is 16.4. The number of hydrogen-bond donors (Lipinski definition) is 2. The summed E-state index contributed by atoms with van der Waals surface area (Å²) in [6.07, 6.45) is -0.749. The summed E-state index contributed by atoms with van der Waals surface area (Å²) in [5, 5.41) is 13.9. The molecule has 5 atom stereocenters. The third-order valence-corrected chi connectivity index (χ3v) is 11.4. The number of aliphatic hydroxyl groups excluding tert-OH is 1. The highest BCUT2D eigenvalue weighted by molar-refractivity contribution is 5.82. The van der Waals surface area contributed by atoms with Gasteiger partial charge in [-0.3, -0.25) is 24.4 Å². The van der Waals surface area contributed by atoms with Crippen LogP contribution in [0.25, 0.3) is 11.3 Å². The van der Waals surface area contributed by atoms with Gasteiger partial charge in [0.25, 0.3) is 0 Å². The number of β-amino-alcohol motifs (C(OH)–C–C–N with tert-alkyl or cyclic N) is 1. The predicted octanol–water partition coefficient (Wildman–Crippen LogP) is 5.65.